The SMILES string of the molecule is CCCC(CC)NS(C)(=O)=O. The second-order valence-corrected chi connectivity index (χ2v) is 4.56. The fourth-order valence-corrected chi connectivity index (χ4v) is 1.89. The van der Waals surface area contributed by atoms with Crippen LogP contribution in [-0.2, 0) is 10.0 Å². The molecule has 1 unspecified atom stereocenters. The van der Waals surface area contributed by atoms with Crippen LogP contribution in [0, 0.1) is 0 Å². The van der Waals surface area contributed by atoms with Crippen molar-refractivity contribution in [1.82, 2.24) is 4.72 Å². The lowest BCUT2D eigenvalue weighted by atomic mass is 10.1. The molecule has 0 aromatic rings. The van der Waals surface area contributed by atoms with Gasteiger partial charge in [-0.25, -0.2) is 13.1 Å². The molecule has 0 aromatic carbocycles. The van der Waals surface area contributed by atoms with E-state index < -0.39 is 10.0 Å². The molecule has 0 spiro atoms. The third kappa shape index (κ3) is 6.31. The van der Waals surface area contributed by atoms with Gasteiger partial charge in [-0.1, -0.05) is 20.3 Å². The molecular weight excluding hydrogens is 162 g/mol. The summed E-state index contributed by atoms with van der Waals surface area (Å²) in [4.78, 5) is 0. The zero-order valence-corrected chi connectivity index (χ0v) is 8.24. The Bertz CT molecular complexity index is 187. The second-order valence-electron chi connectivity index (χ2n) is 2.78. The van der Waals surface area contributed by atoms with Crippen LogP contribution in [0.15, 0.2) is 0 Å². The number of rotatable bonds is 5. The van der Waals surface area contributed by atoms with E-state index in [1.54, 1.807) is 0 Å². The molecule has 0 rings (SSSR count). The molecule has 0 radical (unpaired) electrons. The Morgan fingerprint density at radius 1 is 1.36 bits per heavy atom. The van der Waals surface area contributed by atoms with Crippen LogP contribution in [0.2, 0.25) is 0 Å². The number of hydrogen-bond donors (Lipinski definition) is 1. The summed E-state index contributed by atoms with van der Waals surface area (Å²) in [6.07, 6.45) is 4.00. The normalized spacial score (nSPS) is 14.8. The molecule has 11 heavy (non-hydrogen) atoms. The molecule has 4 heteroatoms. The maximum absolute atomic E-state index is 10.8. The summed E-state index contributed by atoms with van der Waals surface area (Å²) in [5.74, 6) is 0. The molecule has 0 aromatic heterocycles. The Hall–Kier alpha value is -0.0900. The molecule has 0 saturated carbocycles. The third-order valence-corrected chi connectivity index (χ3v) is 2.27. The van der Waals surface area contributed by atoms with Gasteiger partial charge in [0.05, 0.1) is 6.26 Å². The second kappa shape index (κ2) is 4.72. The van der Waals surface area contributed by atoms with E-state index in [-0.39, 0.29) is 6.04 Å². The lowest BCUT2D eigenvalue weighted by Gasteiger charge is -2.13. The van der Waals surface area contributed by atoms with Crippen LogP contribution in [0.5, 0.6) is 0 Å². The highest BCUT2D eigenvalue weighted by Crippen LogP contribution is 2.01. The smallest absolute Gasteiger partial charge is 0.208 e. The van der Waals surface area contributed by atoms with Crippen molar-refractivity contribution in [2.24, 2.45) is 0 Å². The fraction of sp³-hybridized carbons (Fsp3) is 1.00. The first-order chi connectivity index (χ1) is 4.99. The van der Waals surface area contributed by atoms with Gasteiger partial charge in [0.25, 0.3) is 0 Å². The standard InChI is InChI=1S/C7H17NO2S/c1-4-6-7(5-2)8-11(3,9)10/h7-8H,4-6H2,1-3H3. The minimum atomic E-state index is -3.01. The van der Waals surface area contributed by atoms with E-state index in [4.69, 9.17) is 0 Å². The molecule has 68 valence electrons. The lowest BCUT2D eigenvalue weighted by Crippen LogP contribution is -2.33. The van der Waals surface area contributed by atoms with Gasteiger partial charge in [0.15, 0.2) is 0 Å². The van der Waals surface area contributed by atoms with Crippen molar-refractivity contribution in [2.75, 3.05) is 6.26 Å². The molecule has 0 aliphatic carbocycles. The summed E-state index contributed by atoms with van der Waals surface area (Å²) in [5.41, 5.74) is 0. The first-order valence-electron chi connectivity index (χ1n) is 3.97. The first kappa shape index (κ1) is 10.9. The van der Waals surface area contributed by atoms with E-state index in [0.29, 0.717) is 0 Å². The first-order valence-corrected chi connectivity index (χ1v) is 5.86. The monoisotopic (exact) mass is 179 g/mol. The van der Waals surface area contributed by atoms with Crippen molar-refractivity contribution in [3.63, 3.8) is 0 Å². The lowest BCUT2D eigenvalue weighted by molar-refractivity contribution is 0.516. The summed E-state index contributed by atoms with van der Waals surface area (Å²) in [6.45, 7) is 4.03. The summed E-state index contributed by atoms with van der Waals surface area (Å²) in [6, 6.07) is 0.120. The zero-order valence-electron chi connectivity index (χ0n) is 7.42. The van der Waals surface area contributed by atoms with Crippen LogP contribution in [0.4, 0.5) is 0 Å². The van der Waals surface area contributed by atoms with E-state index in [9.17, 15) is 8.42 Å². The Morgan fingerprint density at radius 2 is 1.91 bits per heavy atom. The van der Waals surface area contributed by atoms with E-state index in [1.807, 2.05) is 13.8 Å². The van der Waals surface area contributed by atoms with Gasteiger partial charge >= 0.3 is 0 Å². The zero-order chi connectivity index (χ0) is 8.91. The Kier molecular flexibility index (Phi) is 4.68. The van der Waals surface area contributed by atoms with Crippen LogP contribution < -0.4 is 4.72 Å². The van der Waals surface area contributed by atoms with Gasteiger partial charge in [0, 0.05) is 6.04 Å². The molecule has 0 saturated heterocycles. The van der Waals surface area contributed by atoms with E-state index in [2.05, 4.69) is 4.72 Å². The van der Waals surface area contributed by atoms with Gasteiger partial charge in [-0.15, -0.1) is 0 Å². The van der Waals surface area contributed by atoms with Crippen LogP contribution >= 0.6 is 0 Å². The predicted octanol–water partition coefficient (Wildman–Crippen LogP) is 1.11. The summed E-state index contributed by atoms with van der Waals surface area (Å²) < 4.78 is 24.1. The molecule has 3 nitrogen and oxygen atoms in total. The molecule has 0 bridgehead atoms. The molecule has 0 amide bonds. The van der Waals surface area contributed by atoms with Gasteiger partial charge in [0.2, 0.25) is 10.0 Å². The van der Waals surface area contributed by atoms with Crippen LogP contribution in [0.3, 0.4) is 0 Å². The van der Waals surface area contributed by atoms with Gasteiger partial charge in [-0.3, -0.25) is 0 Å². The minimum Gasteiger partial charge on any atom is -0.213 e. The Labute approximate surface area is 69.2 Å². The molecule has 0 aliphatic heterocycles. The van der Waals surface area contributed by atoms with Crippen molar-refractivity contribution in [3.05, 3.63) is 0 Å². The quantitative estimate of drug-likeness (QED) is 0.687. The average Bonchev–Trinajstić information content (AvgIpc) is 1.84. The molecule has 0 heterocycles. The number of nitrogens with one attached hydrogen (secondary N) is 1. The third-order valence-electron chi connectivity index (χ3n) is 1.51. The molecule has 0 aliphatic rings. The van der Waals surface area contributed by atoms with Gasteiger partial charge in [-0.05, 0) is 12.8 Å². The van der Waals surface area contributed by atoms with Crippen molar-refractivity contribution >= 4 is 10.0 Å². The summed E-state index contributed by atoms with van der Waals surface area (Å²) >= 11 is 0. The molecule has 1 atom stereocenters. The van der Waals surface area contributed by atoms with Gasteiger partial charge < -0.3 is 0 Å². The molecule has 1 N–H and O–H groups in total. The maximum atomic E-state index is 10.8. The van der Waals surface area contributed by atoms with E-state index in [0.717, 1.165) is 19.3 Å². The highest BCUT2D eigenvalue weighted by atomic mass is 32.2. The van der Waals surface area contributed by atoms with Crippen LogP contribution in [-0.4, -0.2) is 20.7 Å². The van der Waals surface area contributed by atoms with Crippen molar-refractivity contribution < 1.29 is 8.42 Å². The highest BCUT2D eigenvalue weighted by molar-refractivity contribution is 7.88. The van der Waals surface area contributed by atoms with Crippen molar-refractivity contribution in [1.29, 1.82) is 0 Å². The van der Waals surface area contributed by atoms with E-state index in [1.165, 1.54) is 6.26 Å². The maximum Gasteiger partial charge on any atom is 0.208 e. The predicted molar refractivity (Wildman–Crippen MR) is 47.0 cm³/mol. The summed E-state index contributed by atoms with van der Waals surface area (Å²) in [5, 5.41) is 0. The summed E-state index contributed by atoms with van der Waals surface area (Å²) in [7, 11) is -3.01. The average molecular weight is 179 g/mol. The Balaban J connectivity index is 3.88. The molecular formula is C7H17NO2S. The highest BCUT2D eigenvalue weighted by Gasteiger charge is 2.09. The van der Waals surface area contributed by atoms with Crippen molar-refractivity contribution in [3.8, 4) is 0 Å². The van der Waals surface area contributed by atoms with Gasteiger partial charge in [0.1, 0.15) is 0 Å². The number of hydrogen-bond acceptors (Lipinski definition) is 2. The van der Waals surface area contributed by atoms with Crippen LogP contribution in [0.25, 0.3) is 0 Å². The van der Waals surface area contributed by atoms with Crippen LogP contribution in [0.1, 0.15) is 33.1 Å². The van der Waals surface area contributed by atoms with Crippen molar-refractivity contribution in [2.45, 2.75) is 39.2 Å². The Morgan fingerprint density at radius 3 is 2.18 bits per heavy atom. The topological polar surface area (TPSA) is 46.2 Å². The number of sulfonamides is 1. The largest absolute Gasteiger partial charge is 0.213 e. The van der Waals surface area contributed by atoms with Gasteiger partial charge in [-0.2, -0.15) is 0 Å². The molecule has 0 fully saturated rings. The fourth-order valence-electron chi connectivity index (χ4n) is 0.998. The minimum absolute atomic E-state index is 0.120. The van der Waals surface area contributed by atoms with E-state index >= 15 is 0 Å².